The first-order chi connectivity index (χ1) is 13.2. The summed E-state index contributed by atoms with van der Waals surface area (Å²) in [6.07, 6.45) is 8.54. The number of aliphatic carboxylic acids is 1. The van der Waals surface area contributed by atoms with E-state index in [1.54, 1.807) is 43.0 Å². The highest BCUT2D eigenvalue weighted by atomic mass is 16.4. The van der Waals surface area contributed by atoms with Crippen LogP contribution in [0.25, 0.3) is 22.7 Å². The fraction of sp³-hybridized carbons (Fsp3) is 0. The van der Waals surface area contributed by atoms with Crippen LogP contribution in [0.15, 0.2) is 73.3 Å². The van der Waals surface area contributed by atoms with Crippen LogP contribution < -0.4 is 5.32 Å². The zero-order valence-corrected chi connectivity index (χ0v) is 14.3. The summed E-state index contributed by atoms with van der Waals surface area (Å²) in [5, 5.41) is 13.8. The molecule has 0 atom stereocenters. The van der Waals surface area contributed by atoms with Gasteiger partial charge >= 0.3 is 5.97 Å². The lowest BCUT2D eigenvalue weighted by molar-refractivity contribution is -0.130. The predicted molar refractivity (Wildman–Crippen MR) is 106 cm³/mol. The first kappa shape index (κ1) is 16.5. The third-order valence-corrected chi connectivity index (χ3v) is 4.16. The van der Waals surface area contributed by atoms with Crippen LogP contribution in [0.1, 0.15) is 11.1 Å². The largest absolute Gasteiger partial charge is 0.478 e. The van der Waals surface area contributed by atoms with E-state index >= 15 is 0 Å². The number of aromatic nitrogens is 3. The van der Waals surface area contributed by atoms with E-state index in [1.807, 2.05) is 36.4 Å². The third kappa shape index (κ3) is 3.41. The topological polar surface area (TPSA) is 90.9 Å². The fourth-order valence-corrected chi connectivity index (χ4v) is 2.93. The second-order valence-corrected chi connectivity index (χ2v) is 5.92. The van der Waals surface area contributed by atoms with Gasteiger partial charge in [-0.05, 0) is 29.8 Å². The maximum atomic E-state index is 11.8. The lowest BCUT2D eigenvalue weighted by Crippen LogP contribution is -1.99. The van der Waals surface area contributed by atoms with Gasteiger partial charge in [0.05, 0.1) is 23.1 Å². The SMILES string of the molecule is O=C(O)C(=Cc1c[nH]c2nccc(Nc3cccnc3)c12)c1ccccc1. The van der Waals surface area contributed by atoms with Gasteiger partial charge in [-0.2, -0.15) is 0 Å². The van der Waals surface area contributed by atoms with E-state index in [-0.39, 0.29) is 5.57 Å². The van der Waals surface area contributed by atoms with Gasteiger partial charge < -0.3 is 15.4 Å². The lowest BCUT2D eigenvalue weighted by Gasteiger charge is -2.08. The van der Waals surface area contributed by atoms with E-state index in [4.69, 9.17) is 0 Å². The van der Waals surface area contributed by atoms with Crippen molar-refractivity contribution in [2.45, 2.75) is 0 Å². The molecular weight excluding hydrogens is 340 g/mol. The Labute approximate surface area is 155 Å². The third-order valence-electron chi connectivity index (χ3n) is 4.16. The van der Waals surface area contributed by atoms with Gasteiger partial charge in [0.2, 0.25) is 0 Å². The standard InChI is InChI=1S/C21H16N4O2/c26-21(27)17(14-5-2-1-3-6-14)11-15-12-24-20-19(15)18(8-10-23-20)25-16-7-4-9-22-13-16/h1-13H,(H,26,27)(H2,23,24,25). The number of carboxylic acid groups (broad SMARTS) is 1. The number of nitrogens with zero attached hydrogens (tertiary/aromatic N) is 2. The Morgan fingerprint density at radius 3 is 2.67 bits per heavy atom. The number of H-pyrrole nitrogens is 1. The van der Waals surface area contributed by atoms with Crippen LogP contribution in [0.2, 0.25) is 0 Å². The minimum atomic E-state index is -0.985. The number of hydrogen-bond acceptors (Lipinski definition) is 4. The molecule has 132 valence electrons. The molecule has 0 aliphatic carbocycles. The molecule has 0 saturated heterocycles. The number of hydrogen-bond donors (Lipinski definition) is 3. The minimum absolute atomic E-state index is 0.215. The van der Waals surface area contributed by atoms with Crippen molar-refractivity contribution in [2.24, 2.45) is 0 Å². The maximum absolute atomic E-state index is 11.8. The molecule has 3 heterocycles. The maximum Gasteiger partial charge on any atom is 0.336 e. The Kier molecular flexibility index (Phi) is 4.37. The molecule has 0 amide bonds. The van der Waals surface area contributed by atoms with Gasteiger partial charge in [0.15, 0.2) is 0 Å². The van der Waals surface area contributed by atoms with Gasteiger partial charge in [-0.3, -0.25) is 4.98 Å². The Morgan fingerprint density at radius 2 is 1.93 bits per heavy atom. The number of fused-ring (bicyclic) bond motifs is 1. The fourth-order valence-electron chi connectivity index (χ4n) is 2.93. The van der Waals surface area contributed by atoms with E-state index in [1.165, 1.54) is 0 Å². The van der Waals surface area contributed by atoms with Crippen molar-refractivity contribution in [3.63, 3.8) is 0 Å². The molecule has 0 spiro atoms. The Hall–Kier alpha value is -3.93. The van der Waals surface area contributed by atoms with Crippen molar-refractivity contribution in [2.75, 3.05) is 5.32 Å². The Morgan fingerprint density at radius 1 is 1.07 bits per heavy atom. The smallest absolute Gasteiger partial charge is 0.336 e. The van der Waals surface area contributed by atoms with Gasteiger partial charge in [0, 0.05) is 29.5 Å². The molecule has 27 heavy (non-hydrogen) atoms. The number of aromatic amines is 1. The molecule has 3 N–H and O–H groups in total. The number of pyridine rings is 2. The summed E-state index contributed by atoms with van der Waals surface area (Å²) >= 11 is 0. The zero-order chi connectivity index (χ0) is 18.6. The number of rotatable bonds is 5. The molecule has 3 aromatic heterocycles. The molecule has 4 rings (SSSR count). The normalized spacial score (nSPS) is 11.5. The Bertz CT molecular complexity index is 1120. The molecule has 0 saturated carbocycles. The highest BCUT2D eigenvalue weighted by molar-refractivity contribution is 6.22. The summed E-state index contributed by atoms with van der Waals surface area (Å²) in [6, 6.07) is 14.7. The van der Waals surface area contributed by atoms with Crippen molar-refractivity contribution in [1.82, 2.24) is 15.0 Å². The number of nitrogens with one attached hydrogen (secondary N) is 2. The van der Waals surface area contributed by atoms with Crippen LogP contribution in [-0.2, 0) is 4.79 Å². The monoisotopic (exact) mass is 356 g/mol. The Balaban J connectivity index is 1.83. The average molecular weight is 356 g/mol. The van der Waals surface area contributed by atoms with Crippen LogP contribution in [0.4, 0.5) is 11.4 Å². The van der Waals surface area contributed by atoms with E-state index in [2.05, 4.69) is 20.3 Å². The predicted octanol–water partition coefficient (Wildman–Crippen LogP) is 4.33. The van der Waals surface area contributed by atoms with Crippen molar-refractivity contribution in [1.29, 1.82) is 0 Å². The summed E-state index contributed by atoms with van der Waals surface area (Å²) in [6.45, 7) is 0. The molecule has 1 aromatic carbocycles. The average Bonchev–Trinajstić information content (AvgIpc) is 3.11. The molecule has 6 nitrogen and oxygen atoms in total. The highest BCUT2D eigenvalue weighted by Gasteiger charge is 2.14. The lowest BCUT2D eigenvalue weighted by atomic mass is 10.0. The van der Waals surface area contributed by atoms with E-state index in [9.17, 15) is 9.90 Å². The van der Waals surface area contributed by atoms with Crippen LogP contribution >= 0.6 is 0 Å². The van der Waals surface area contributed by atoms with Gasteiger partial charge in [-0.15, -0.1) is 0 Å². The molecule has 0 aliphatic rings. The van der Waals surface area contributed by atoms with Crippen molar-refractivity contribution in [3.05, 3.63) is 84.4 Å². The zero-order valence-electron chi connectivity index (χ0n) is 14.3. The summed E-state index contributed by atoms with van der Waals surface area (Å²) in [7, 11) is 0. The first-order valence-corrected chi connectivity index (χ1v) is 8.36. The molecular formula is C21H16N4O2. The summed E-state index contributed by atoms with van der Waals surface area (Å²) in [4.78, 5) is 23.4. The number of anilines is 2. The van der Waals surface area contributed by atoms with Gasteiger partial charge in [-0.25, -0.2) is 9.78 Å². The molecule has 6 heteroatoms. The highest BCUT2D eigenvalue weighted by Crippen LogP contribution is 2.30. The summed E-state index contributed by atoms with van der Waals surface area (Å²) in [5.41, 5.74) is 3.93. The van der Waals surface area contributed by atoms with Crippen LogP contribution in [-0.4, -0.2) is 26.0 Å². The number of carbonyl (C=O) groups is 1. The van der Waals surface area contributed by atoms with E-state index in [0.29, 0.717) is 11.2 Å². The van der Waals surface area contributed by atoms with Crippen LogP contribution in [0.5, 0.6) is 0 Å². The molecule has 0 bridgehead atoms. The van der Waals surface area contributed by atoms with Crippen molar-refractivity contribution < 1.29 is 9.90 Å². The second-order valence-electron chi connectivity index (χ2n) is 5.92. The quantitative estimate of drug-likeness (QED) is 0.463. The minimum Gasteiger partial charge on any atom is -0.478 e. The van der Waals surface area contributed by atoms with Gasteiger partial charge in [-0.1, -0.05) is 30.3 Å². The van der Waals surface area contributed by atoms with E-state index in [0.717, 1.165) is 22.3 Å². The number of benzene rings is 1. The molecule has 0 radical (unpaired) electrons. The van der Waals surface area contributed by atoms with Crippen molar-refractivity contribution >= 4 is 40.0 Å². The van der Waals surface area contributed by atoms with Gasteiger partial charge in [0.1, 0.15) is 5.65 Å². The van der Waals surface area contributed by atoms with Crippen molar-refractivity contribution in [3.8, 4) is 0 Å². The van der Waals surface area contributed by atoms with E-state index < -0.39 is 5.97 Å². The molecule has 0 fully saturated rings. The summed E-state index contributed by atoms with van der Waals surface area (Å²) in [5.74, 6) is -0.985. The van der Waals surface area contributed by atoms with Crippen LogP contribution in [0.3, 0.4) is 0 Å². The molecule has 0 aliphatic heterocycles. The second kappa shape index (κ2) is 7.13. The molecule has 4 aromatic rings. The number of carboxylic acids is 1. The summed E-state index contributed by atoms with van der Waals surface area (Å²) < 4.78 is 0. The molecule has 0 unspecified atom stereocenters. The first-order valence-electron chi connectivity index (χ1n) is 8.36. The van der Waals surface area contributed by atoms with Gasteiger partial charge in [0.25, 0.3) is 0 Å². The van der Waals surface area contributed by atoms with Crippen LogP contribution in [0, 0.1) is 0 Å².